The van der Waals surface area contributed by atoms with Crippen molar-refractivity contribution in [2.24, 2.45) is 5.92 Å². The van der Waals surface area contributed by atoms with Crippen LogP contribution in [0.5, 0.6) is 5.75 Å². The number of rotatable bonds is 6. The van der Waals surface area contributed by atoms with Crippen LogP contribution in [-0.4, -0.2) is 64.4 Å². The lowest BCUT2D eigenvalue weighted by Crippen LogP contribution is -2.63. The van der Waals surface area contributed by atoms with Gasteiger partial charge < -0.3 is 25.6 Å². The Morgan fingerprint density at radius 1 is 1.05 bits per heavy atom. The Hall–Kier alpha value is -3.24. The molecule has 1 saturated carbocycles. The third kappa shape index (κ3) is 4.87. The van der Waals surface area contributed by atoms with E-state index in [1.54, 1.807) is 24.4 Å². The largest absolute Gasteiger partial charge is 0.463 e. The molecule has 11 heteroatoms. The van der Waals surface area contributed by atoms with E-state index in [1.807, 2.05) is 0 Å². The Kier molecular flexibility index (Phi) is 7.30. The van der Waals surface area contributed by atoms with Gasteiger partial charge in [-0.3, -0.25) is 19.4 Å². The van der Waals surface area contributed by atoms with Gasteiger partial charge in [-0.05, 0) is 75.9 Å². The van der Waals surface area contributed by atoms with E-state index < -0.39 is 23.5 Å². The first-order valence-electron chi connectivity index (χ1n) is 12.8. The molecule has 10 nitrogen and oxygen atoms in total. The number of amides is 3. The number of anilines is 1. The van der Waals surface area contributed by atoms with Crippen molar-refractivity contribution in [2.75, 3.05) is 25.5 Å². The number of likely N-dealkylation sites (tertiary alicyclic amines) is 1. The average molecular weight is 527 g/mol. The van der Waals surface area contributed by atoms with Gasteiger partial charge in [-0.25, -0.2) is 4.98 Å². The summed E-state index contributed by atoms with van der Waals surface area (Å²) in [4.78, 5) is 51.5. The van der Waals surface area contributed by atoms with Crippen LogP contribution in [0, 0.1) is 5.92 Å². The van der Waals surface area contributed by atoms with Crippen LogP contribution in [0.1, 0.15) is 50.3 Å². The van der Waals surface area contributed by atoms with E-state index in [9.17, 15) is 14.4 Å². The van der Waals surface area contributed by atoms with Gasteiger partial charge >= 0.3 is 0 Å². The molecule has 2 aromatic heterocycles. The molecule has 5 rings (SSSR count). The maximum absolute atomic E-state index is 13.7. The molecule has 2 aliphatic heterocycles. The van der Waals surface area contributed by atoms with Crippen LogP contribution in [0.4, 0.5) is 5.82 Å². The van der Waals surface area contributed by atoms with Crippen molar-refractivity contribution in [1.82, 2.24) is 25.5 Å². The molecule has 2 aromatic rings. The van der Waals surface area contributed by atoms with E-state index in [0.717, 1.165) is 38.8 Å². The zero-order valence-electron chi connectivity index (χ0n) is 20.7. The van der Waals surface area contributed by atoms with Crippen LogP contribution in [0.3, 0.4) is 0 Å². The molecule has 3 aliphatic rings. The Bertz CT molecular complexity index is 1160. The molecule has 3 amide bonds. The number of hydrogen-bond donors (Lipinski definition) is 3. The number of aromatic nitrogens is 2. The van der Waals surface area contributed by atoms with Gasteiger partial charge in [0.05, 0.1) is 5.02 Å². The normalized spacial score (nSPS) is 27.1. The molecule has 0 aromatic carbocycles. The van der Waals surface area contributed by atoms with Crippen LogP contribution in [-0.2, 0) is 14.4 Å². The molecule has 1 saturated heterocycles. The second kappa shape index (κ2) is 10.6. The topological polar surface area (TPSA) is 126 Å². The molecule has 196 valence electrons. The summed E-state index contributed by atoms with van der Waals surface area (Å²) in [6.45, 7) is 2.27. The predicted molar refractivity (Wildman–Crippen MR) is 137 cm³/mol. The Balaban J connectivity index is 1.39. The van der Waals surface area contributed by atoms with Crippen molar-refractivity contribution in [3.05, 3.63) is 47.4 Å². The molecular formula is C26H31ClN6O4. The first-order valence-corrected chi connectivity index (χ1v) is 13.1. The first-order chi connectivity index (χ1) is 17.9. The van der Waals surface area contributed by atoms with Gasteiger partial charge in [0, 0.05) is 31.4 Å². The maximum Gasteiger partial charge on any atom is 0.289 e. The Morgan fingerprint density at radius 2 is 1.81 bits per heavy atom. The number of carbonyl (C=O) groups is 3. The summed E-state index contributed by atoms with van der Waals surface area (Å²) in [5, 5.41) is 8.54. The van der Waals surface area contributed by atoms with Crippen molar-refractivity contribution in [2.45, 2.75) is 56.2 Å². The van der Waals surface area contributed by atoms with Crippen molar-refractivity contribution in [1.29, 1.82) is 0 Å². The van der Waals surface area contributed by atoms with E-state index in [2.05, 4.69) is 30.8 Å². The fraction of sp³-hybridized carbons (Fsp3) is 0.500. The summed E-state index contributed by atoms with van der Waals surface area (Å²) in [6, 6.07) is 5.76. The molecule has 0 bridgehead atoms. The predicted octanol–water partition coefficient (Wildman–Crippen LogP) is 2.46. The Morgan fingerprint density at radius 3 is 2.49 bits per heavy atom. The summed E-state index contributed by atoms with van der Waals surface area (Å²) >= 11 is 5.91. The quantitative estimate of drug-likeness (QED) is 0.494. The highest BCUT2D eigenvalue weighted by Gasteiger charge is 2.61. The first kappa shape index (κ1) is 25.4. The van der Waals surface area contributed by atoms with Crippen molar-refractivity contribution in [3.63, 3.8) is 0 Å². The lowest BCUT2D eigenvalue weighted by atomic mass is 9.83. The van der Waals surface area contributed by atoms with Gasteiger partial charge in [0.15, 0.2) is 0 Å². The third-order valence-electron chi connectivity index (χ3n) is 7.63. The number of halogens is 1. The van der Waals surface area contributed by atoms with E-state index in [-0.39, 0.29) is 23.4 Å². The smallest absolute Gasteiger partial charge is 0.289 e. The second-order valence-electron chi connectivity index (χ2n) is 9.81. The maximum atomic E-state index is 13.7. The summed E-state index contributed by atoms with van der Waals surface area (Å²) in [5.74, 6) is -1.46. The Labute approximate surface area is 220 Å². The second-order valence-corrected chi connectivity index (χ2v) is 10.2. The number of nitrogens with zero attached hydrogens (tertiary/aromatic N) is 3. The minimum Gasteiger partial charge on any atom is -0.463 e. The fourth-order valence-electron chi connectivity index (χ4n) is 5.67. The molecule has 2 unspecified atom stereocenters. The number of ether oxygens (including phenoxy) is 1. The number of fused-ring (bicyclic) bond motifs is 1. The van der Waals surface area contributed by atoms with Gasteiger partial charge in [-0.2, -0.15) is 0 Å². The summed E-state index contributed by atoms with van der Waals surface area (Å²) in [6.07, 6.45) is 8.82. The SMILES string of the molecule is CNC(=O)C1(C(=O)Nc2ccc(Cl)cn2)Oc2cccnc2C1NC(=O)C1CCC(N2CCCC2)CC1. The lowest BCUT2D eigenvalue weighted by Gasteiger charge is -2.35. The van der Waals surface area contributed by atoms with Gasteiger partial charge in [-0.15, -0.1) is 0 Å². The molecular weight excluding hydrogens is 496 g/mol. The highest BCUT2D eigenvalue weighted by Crippen LogP contribution is 2.43. The fourth-order valence-corrected chi connectivity index (χ4v) is 5.79. The molecule has 1 aliphatic carbocycles. The molecule has 2 atom stereocenters. The van der Waals surface area contributed by atoms with Crippen LogP contribution in [0.15, 0.2) is 36.7 Å². The monoisotopic (exact) mass is 526 g/mol. The van der Waals surface area contributed by atoms with Gasteiger partial charge in [-0.1, -0.05) is 11.6 Å². The number of hydrogen-bond acceptors (Lipinski definition) is 7. The van der Waals surface area contributed by atoms with Crippen LogP contribution >= 0.6 is 11.6 Å². The number of carbonyl (C=O) groups excluding carboxylic acids is 3. The van der Waals surface area contributed by atoms with Gasteiger partial charge in [0.25, 0.3) is 17.4 Å². The standard InChI is InChI=1S/C26H31ClN6O4/c1-28-24(35)26(25(36)31-20-11-8-17(27)15-30-20)22(21-19(37-26)5-4-12-29-21)32-23(34)16-6-9-18(10-7-16)33-13-2-3-14-33/h4-5,8,11-12,15-16,18,22H,2-3,6-7,9-10,13-14H2,1H3,(H,28,35)(H,32,34)(H,30,31,36). The average Bonchev–Trinajstić information content (AvgIpc) is 3.57. The minimum atomic E-state index is -2.12. The van der Waals surface area contributed by atoms with Crippen LogP contribution < -0.4 is 20.7 Å². The number of pyridine rings is 2. The van der Waals surface area contributed by atoms with E-state index >= 15 is 0 Å². The summed E-state index contributed by atoms with van der Waals surface area (Å²) < 4.78 is 6.03. The van der Waals surface area contributed by atoms with Gasteiger partial charge in [0.2, 0.25) is 5.91 Å². The molecule has 0 spiro atoms. The molecule has 0 radical (unpaired) electrons. The van der Waals surface area contributed by atoms with Crippen molar-refractivity contribution >= 4 is 35.1 Å². The number of likely N-dealkylation sites (N-methyl/N-ethyl adjacent to an activating group) is 1. The highest BCUT2D eigenvalue weighted by molar-refractivity contribution is 6.30. The number of nitrogens with one attached hydrogen (secondary N) is 3. The van der Waals surface area contributed by atoms with Crippen LogP contribution in [0.2, 0.25) is 5.02 Å². The summed E-state index contributed by atoms with van der Waals surface area (Å²) in [7, 11) is 1.41. The highest BCUT2D eigenvalue weighted by atomic mass is 35.5. The van der Waals surface area contributed by atoms with Crippen molar-refractivity contribution < 1.29 is 19.1 Å². The van der Waals surface area contributed by atoms with E-state index in [1.165, 1.54) is 32.2 Å². The van der Waals surface area contributed by atoms with E-state index in [4.69, 9.17) is 16.3 Å². The third-order valence-corrected chi connectivity index (χ3v) is 7.86. The zero-order chi connectivity index (χ0) is 26.0. The minimum absolute atomic E-state index is 0.190. The summed E-state index contributed by atoms with van der Waals surface area (Å²) in [5.41, 5.74) is -1.79. The molecule has 3 N–H and O–H groups in total. The molecule has 2 fully saturated rings. The van der Waals surface area contributed by atoms with Gasteiger partial charge in [0.1, 0.15) is 23.3 Å². The van der Waals surface area contributed by atoms with E-state index in [0.29, 0.717) is 16.8 Å². The molecule has 4 heterocycles. The lowest BCUT2D eigenvalue weighted by molar-refractivity contribution is -0.149. The van der Waals surface area contributed by atoms with Crippen LogP contribution in [0.25, 0.3) is 0 Å². The molecule has 37 heavy (non-hydrogen) atoms. The van der Waals surface area contributed by atoms with Crippen molar-refractivity contribution in [3.8, 4) is 5.75 Å². The zero-order valence-corrected chi connectivity index (χ0v) is 21.5.